The fourth-order valence-corrected chi connectivity index (χ4v) is 4.42. The lowest BCUT2D eigenvalue weighted by molar-refractivity contribution is -0.111. The molecule has 8 nitrogen and oxygen atoms in total. The minimum Gasteiger partial charge on any atom is -0.484 e. The van der Waals surface area contributed by atoms with Crippen molar-refractivity contribution in [1.29, 1.82) is 0 Å². The molecule has 3 N–H and O–H groups in total. The number of nitrogens with one attached hydrogen (secondary N) is 1. The fraction of sp³-hybridized carbons (Fsp3) is 0.458. The summed E-state index contributed by atoms with van der Waals surface area (Å²) in [4.78, 5) is 23.5. The summed E-state index contributed by atoms with van der Waals surface area (Å²) < 4.78 is 26.7. The summed E-state index contributed by atoms with van der Waals surface area (Å²) in [5.74, 6) is 0.275. The zero-order valence-corrected chi connectivity index (χ0v) is 19.2. The molecule has 4 rings (SSSR count). The van der Waals surface area contributed by atoms with E-state index in [2.05, 4.69) is 20.2 Å². The summed E-state index contributed by atoms with van der Waals surface area (Å²) in [6.45, 7) is 7.98. The number of nitrogens with zero attached hydrogens (tertiary/aromatic N) is 3. The SMILES string of the molecule is CC(C)C(F)C1(C)Cc2cc(NC(=O)C(=CN)c3ncccn3)c(N3CCOCC3)cc2O1. The molecule has 2 unspecified atom stereocenters. The topological polar surface area (TPSA) is 103 Å². The van der Waals surface area contributed by atoms with E-state index in [4.69, 9.17) is 15.2 Å². The Morgan fingerprint density at radius 3 is 2.61 bits per heavy atom. The molecule has 1 fully saturated rings. The van der Waals surface area contributed by atoms with Gasteiger partial charge in [-0.05, 0) is 25.0 Å². The number of amides is 1. The number of carbonyl (C=O) groups is 1. The number of anilines is 2. The number of nitrogens with two attached hydrogens (primary N) is 1. The van der Waals surface area contributed by atoms with Crippen LogP contribution in [0.5, 0.6) is 5.75 Å². The number of carbonyl (C=O) groups excluding carboxylic acids is 1. The van der Waals surface area contributed by atoms with E-state index in [0.717, 1.165) is 11.3 Å². The van der Waals surface area contributed by atoms with Crippen LogP contribution in [0.3, 0.4) is 0 Å². The van der Waals surface area contributed by atoms with Crippen LogP contribution in [0.15, 0.2) is 36.8 Å². The smallest absolute Gasteiger partial charge is 0.261 e. The van der Waals surface area contributed by atoms with Crippen LogP contribution in [0.4, 0.5) is 15.8 Å². The zero-order valence-electron chi connectivity index (χ0n) is 19.2. The highest BCUT2D eigenvalue weighted by atomic mass is 19.1. The van der Waals surface area contributed by atoms with Crippen LogP contribution in [0, 0.1) is 5.92 Å². The number of benzene rings is 1. The largest absolute Gasteiger partial charge is 0.484 e. The van der Waals surface area contributed by atoms with Crippen molar-refractivity contribution >= 4 is 22.9 Å². The van der Waals surface area contributed by atoms with Crippen LogP contribution in [0.25, 0.3) is 5.57 Å². The molecule has 0 spiro atoms. The molecule has 1 saturated heterocycles. The molecule has 1 amide bonds. The third-order valence-corrected chi connectivity index (χ3v) is 6.05. The molecule has 33 heavy (non-hydrogen) atoms. The van der Waals surface area contributed by atoms with Gasteiger partial charge in [0, 0.05) is 49.7 Å². The molecular weight excluding hydrogens is 425 g/mol. The molecule has 0 saturated carbocycles. The van der Waals surface area contributed by atoms with Crippen LogP contribution in [0.1, 0.15) is 32.2 Å². The highest BCUT2D eigenvalue weighted by molar-refractivity contribution is 6.24. The number of hydrogen-bond acceptors (Lipinski definition) is 7. The van der Waals surface area contributed by atoms with Gasteiger partial charge in [-0.1, -0.05) is 13.8 Å². The normalized spacial score (nSPS) is 21.5. The number of morpholine rings is 1. The van der Waals surface area contributed by atoms with Gasteiger partial charge in [-0.25, -0.2) is 14.4 Å². The van der Waals surface area contributed by atoms with Crippen molar-refractivity contribution in [2.75, 3.05) is 36.5 Å². The maximum Gasteiger partial charge on any atom is 0.261 e. The predicted octanol–water partition coefficient (Wildman–Crippen LogP) is 2.94. The standard InChI is InChI=1S/C24H30FN5O3/c1-15(2)21(25)24(3)13-16-11-18(19(12-20(16)33-24)30-7-9-32-10-8-30)29-23(31)17(14-26)22-27-5-4-6-28-22/h4-6,11-12,14-15,21H,7-10,13,26H2,1-3H3,(H,29,31). The van der Waals surface area contributed by atoms with Crippen molar-refractivity contribution in [3.63, 3.8) is 0 Å². The van der Waals surface area contributed by atoms with Gasteiger partial charge in [0.1, 0.15) is 17.5 Å². The molecule has 0 radical (unpaired) electrons. The van der Waals surface area contributed by atoms with Crippen molar-refractivity contribution in [3.8, 4) is 5.75 Å². The lowest BCUT2D eigenvalue weighted by Crippen LogP contribution is -2.44. The van der Waals surface area contributed by atoms with Crippen molar-refractivity contribution < 1.29 is 18.7 Å². The number of rotatable bonds is 6. The lowest BCUT2D eigenvalue weighted by atomic mass is 9.88. The van der Waals surface area contributed by atoms with Crippen LogP contribution in [0.2, 0.25) is 0 Å². The molecular formula is C24H30FN5O3. The first kappa shape index (κ1) is 23.0. The Morgan fingerprint density at radius 1 is 1.27 bits per heavy atom. The van der Waals surface area contributed by atoms with Crippen molar-refractivity contribution in [2.24, 2.45) is 11.7 Å². The van der Waals surface area contributed by atoms with Crippen LogP contribution in [-0.4, -0.2) is 54.0 Å². The summed E-state index contributed by atoms with van der Waals surface area (Å²) in [6.07, 6.45) is 3.58. The molecule has 2 aromatic rings. The summed E-state index contributed by atoms with van der Waals surface area (Å²) in [5, 5.41) is 2.97. The van der Waals surface area contributed by atoms with Gasteiger partial charge in [0.05, 0.1) is 30.2 Å². The Morgan fingerprint density at radius 2 is 1.97 bits per heavy atom. The number of aromatic nitrogens is 2. The molecule has 1 aromatic carbocycles. The first-order valence-corrected chi connectivity index (χ1v) is 11.2. The highest BCUT2D eigenvalue weighted by Crippen LogP contribution is 2.44. The summed E-state index contributed by atoms with van der Waals surface area (Å²) in [6, 6.07) is 5.43. The summed E-state index contributed by atoms with van der Waals surface area (Å²) >= 11 is 0. The van der Waals surface area contributed by atoms with Gasteiger partial charge in [-0.2, -0.15) is 0 Å². The van der Waals surface area contributed by atoms with Gasteiger partial charge in [-0.15, -0.1) is 0 Å². The first-order valence-electron chi connectivity index (χ1n) is 11.2. The number of ether oxygens (including phenoxy) is 2. The van der Waals surface area contributed by atoms with Gasteiger partial charge in [0.2, 0.25) is 0 Å². The quantitative estimate of drug-likeness (QED) is 0.646. The third kappa shape index (κ3) is 4.64. The Labute approximate surface area is 193 Å². The molecule has 0 bridgehead atoms. The molecule has 0 aliphatic carbocycles. The number of halogens is 1. The Bertz CT molecular complexity index is 1040. The maximum atomic E-state index is 15.0. The van der Waals surface area contributed by atoms with Crippen LogP contribution < -0.4 is 20.7 Å². The molecule has 2 aliphatic rings. The second-order valence-electron chi connectivity index (χ2n) is 8.92. The number of alkyl halides is 1. The van der Waals surface area contributed by atoms with E-state index in [1.54, 1.807) is 25.4 Å². The first-order chi connectivity index (χ1) is 15.8. The second-order valence-corrected chi connectivity index (χ2v) is 8.92. The fourth-order valence-electron chi connectivity index (χ4n) is 4.42. The zero-order chi connectivity index (χ0) is 23.6. The molecule has 1 aromatic heterocycles. The van der Waals surface area contributed by atoms with E-state index in [1.807, 2.05) is 26.0 Å². The average Bonchev–Trinajstić information content (AvgIpc) is 3.16. The van der Waals surface area contributed by atoms with Crippen molar-refractivity contribution in [1.82, 2.24) is 9.97 Å². The van der Waals surface area contributed by atoms with Crippen molar-refractivity contribution in [3.05, 3.63) is 48.2 Å². The van der Waals surface area contributed by atoms with Crippen molar-refractivity contribution in [2.45, 2.75) is 39.0 Å². The van der Waals surface area contributed by atoms with E-state index in [0.29, 0.717) is 44.2 Å². The monoisotopic (exact) mass is 455 g/mol. The lowest BCUT2D eigenvalue weighted by Gasteiger charge is -2.31. The molecule has 3 heterocycles. The van der Waals surface area contributed by atoms with E-state index in [-0.39, 0.29) is 17.3 Å². The highest BCUT2D eigenvalue weighted by Gasteiger charge is 2.44. The summed E-state index contributed by atoms with van der Waals surface area (Å²) in [7, 11) is 0. The van der Waals surface area contributed by atoms with E-state index in [9.17, 15) is 4.79 Å². The predicted molar refractivity (Wildman–Crippen MR) is 125 cm³/mol. The van der Waals surface area contributed by atoms with Gasteiger partial charge in [0.25, 0.3) is 5.91 Å². The van der Waals surface area contributed by atoms with Gasteiger partial charge < -0.3 is 25.4 Å². The average molecular weight is 456 g/mol. The van der Waals surface area contributed by atoms with Crippen LogP contribution >= 0.6 is 0 Å². The minimum atomic E-state index is -1.13. The molecule has 2 aliphatic heterocycles. The Balaban J connectivity index is 1.68. The number of fused-ring (bicyclic) bond motifs is 1. The van der Waals surface area contributed by atoms with Gasteiger partial charge >= 0.3 is 0 Å². The van der Waals surface area contributed by atoms with Gasteiger partial charge in [0.15, 0.2) is 5.82 Å². The van der Waals surface area contributed by atoms with E-state index in [1.165, 1.54) is 6.20 Å². The number of hydrogen-bond donors (Lipinski definition) is 2. The second kappa shape index (κ2) is 9.35. The molecule has 2 atom stereocenters. The third-order valence-electron chi connectivity index (χ3n) is 6.05. The Hall–Kier alpha value is -3.20. The van der Waals surface area contributed by atoms with Gasteiger partial charge in [-0.3, -0.25) is 4.79 Å². The molecule has 9 heteroatoms. The van der Waals surface area contributed by atoms with E-state index >= 15 is 4.39 Å². The van der Waals surface area contributed by atoms with E-state index < -0.39 is 17.7 Å². The van der Waals surface area contributed by atoms with Crippen LogP contribution in [-0.2, 0) is 16.0 Å². The Kier molecular flexibility index (Phi) is 6.51. The molecule has 176 valence electrons. The summed E-state index contributed by atoms with van der Waals surface area (Å²) in [5.41, 5.74) is 7.18. The maximum absolute atomic E-state index is 15.0. The minimum absolute atomic E-state index is 0.161.